The Bertz CT molecular complexity index is 1480. The van der Waals surface area contributed by atoms with E-state index in [1.165, 1.54) is 4.90 Å². The van der Waals surface area contributed by atoms with Crippen molar-refractivity contribution >= 4 is 44.8 Å². The number of nitrogens with one attached hydrogen (secondary N) is 1. The number of rotatable bonds is 5. The fraction of sp³-hybridized carbons (Fsp3) is 0.160. The third-order valence-electron chi connectivity index (χ3n) is 5.94. The molecule has 1 aliphatic rings. The van der Waals surface area contributed by atoms with Gasteiger partial charge >= 0.3 is 0 Å². The summed E-state index contributed by atoms with van der Waals surface area (Å²) in [5, 5.41) is 10.7. The fourth-order valence-electron chi connectivity index (χ4n) is 4.42. The van der Waals surface area contributed by atoms with Crippen molar-refractivity contribution in [3.63, 3.8) is 0 Å². The highest BCUT2D eigenvalue weighted by Crippen LogP contribution is 2.41. The molecular weight excluding hydrogens is 404 g/mol. The number of H-pyrrole nitrogens is 1. The molecular formula is C25H20N4O3. The van der Waals surface area contributed by atoms with Crippen LogP contribution in [0.1, 0.15) is 17.5 Å². The summed E-state index contributed by atoms with van der Waals surface area (Å²) >= 11 is 0. The van der Waals surface area contributed by atoms with Crippen LogP contribution in [0.25, 0.3) is 33.0 Å². The van der Waals surface area contributed by atoms with Gasteiger partial charge in [0, 0.05) is 58.9 Å². The predicted molar refractivity (Wildman–Crippen MR) is 122 cm³/mol. The van der Waals surface area contributed by atoms with Crippen LogP contribution in [0.3, 0.4) is 0 Å². The number of hydrogen-bond acceptors (Lipinski definition) is 4. The molecule has 5 rings (SSSR count). The van der Waals surface area contributed by atoms with Crippen LogP contribution in [-0.2, 0) is 16.6 Å². The second-order valence-electron chi connectivity index (χ2n) is 7.70. The lowest BCUT2D eigenvalue weighted by molar-refractivity contribution is -0.135. The summed E-state index contributed by atoms with van der Waals surface area (Å²) in [5.74, 6) is -0.116. The molecule has 0 aliphatic carbocycles. The molecule has 0 unspecified atom stereocenters. The summed E-state index contributed by atoms with van der Waals surface area (Å²) in [4.78, 5) is 31.4. The number of carbonyl (C=O) groups is 2. The lowest BCUT2D eigenvalue weighted by Crippen LogP contribution is -2.32. The number of imide groups is 1. The number of nitrogens with zero attached hydrogens (tertiary/aromatic N) is 3. The van der Waals surface area contributed by atoms with E-state index in [0.717, 1.165) is 21.8 Å². The fourth-order valence-corrected chi connectivity index (χ4v) is 4.42. The smallest absolute Gasteiger partial charge is 0.262 e. The number of amides is 2. The average Bonchev–Trinajstić information content (AvgIpc) is 3.44. The zero-order valence-electron chi connectivity index (χ0n) is 17.7. The predicted octanol–water partition coefficient (Wildman–Crippen LogP) is 3.86. The van der Waals surface area contributed by atoms with Crippen molar-refractivity contribution in [3.05, 3.63) is 66.0 Å². The quantitative estimate of drug-likeness (QED) is 0.493. The van der Waals surface area contributed by atoms with Gasteiger partial charge in [-0.05, 0) is 24.3 Å². The highest BCUT2D eigenvalue weighted by atomic mass is 16.5. The Morgan fingerprint density at radius 2 is 1.78 bits per heavy atom. The van der Waals surface area contributed by atoms with E-state index >= 15 is 0 Å². The molecule has 0 bridgehead atoms. The maximum atomic E-state index is 13.5. The molecule has 0 saturated carbocycles. The molecule has 2 amide bonds. The minimum Gasteiger partial charge on any atom is -0.497 e. The average molecular weight is 424 g/mol. The molecule has 7 nitrogen and oxygen atoms in total. The van der Waals surface area contributed by atoms with Crippen molar-refractivity contribution in [2.24, 2.45) is 7.05 Å². The van der Waals surface area contributed by atoms with E-state index in [2.05, 4.69) is 4.98 Å². The number of aromatic amines is 1. The minimum absolute atomic E-state index is 0.0532. The topological polar surface area (TPSA) is 91.1 Å². The Balaban J connectivity index is 1.81. The third kappa shape index (κ3) is 2.81. The van der Waals surface area contributed by atoms with Crippen molar-refractivity contribution in [1.82, 2.24) is 14.5 Å². The number of nitriles is 1. The number of carbonyl (C=O) groups excluding carboxylic acids is 2. The molecule has 1 N–H and O–H groups in total. The van der Waals surface area contributed by atoms with Crippen molar-refractivity contribution in [1.29, 1.82) is 5.26 Å². The Kier molecular flexibility index (Phi) is 4.56. The molecule has 0 spiro atoms. The SMILES string of the molecule is COc1ccc2[nH]cc(C3=C(c4cn(C)c5ccccc45)C(=O)N(CCC#N)C3=O)c2c1. The first-order valence-electron chi connectivity index (χ1n) is 10.2. The highest BCUT2D eigenvalue weighted by Gasteiger charge is 2.41. The number of hydrogen-bond donors (Lipinski definition) is 1. The summed E-state index contributed by atoms with van der Waals surface area (Å²) in [5.41, 5.74) is 3.83. The van der Waals surface area contributed by atoms with Crippen LogP contribution in [0.5, 0.6) is 5.75 Å². The van der Waals surface area contributed by atoms with Gasteiger partial charge in [0.05, 0.1) is 30.7 Å². The zero-order chi connectivity index (χ0) is 22.4. The van der Waals surface area contributed by atoms with Crippen LogP contribution in [-0.4, -0.2) is 39.9 Å². The van der Waals surface area contributed by atoms with E-state index in [0.29, 0.717) is 28.0 Å². The highest BCUT2D eigenvalue weighted by molar-refractivity contribution is 6.50. The lowest BCUT2D eigenvalue weighted by Gasteiger charge is -2.12. The second-order valence-corrected chi connectivity index (χ2v) is 7.70. The van der Waals surface area contributed by atoms with E-state index in [9.17, 15) is 9.59 Å². The van der Waals surface area contributed by atoms with Crippen molar-refractivity contribution in [2.45, 2.75) is 6.42 Å². The third-order valence-corrected chi connectivity index (χ3v) is 5.94. The zero-order valence-corrected chi connectivity index (χ0v) is 17.7. The van der Waals surface area contributed by atoms with Gasteiger partial charge in [-0.1, -0.05) is 18.2 Å². The molecule has 158 valence electrons. The van der Waals surface area contributed by atoms with Gasteiger partial charge in [-0.3, -0.25) is 14.5 Å². The van der Waals surface area contributed by atoms with E-state index in [-0.39, 0.29) is 18.9 Å². The van der Waals surface area contributed by atoms with Crippen molar-refractivity contribution < 1.29 is 14.3 Å². The van der Waals surface area contributed by atoms with E-state index in [4.69, 9.17) is 10.00 Å². The van der Waals surface area contributed by atoms with Gasteiger partial charge in [0.1, 0.15) is 5.75 Å². The normalized spacial score (nSPS) is 14.1. The molecule has 4 aromatic rings. The number of methoxy groups -OCH3 is 1. The van der Waals surface area contributed by atoms with Gasteiger partial charge in [-0.25, -0.2) is 0 Å². The maximum Gasteiger partial charge on any atom is 0.262 e. The van der Waals surface area contributed by atoms with Gasteiger partial charge in [-0.2, -0.15) is 5.26 Å². The Morgan fingerprint density at radius 1 is 1.03 bits per heavy atom. The van der Waals surface area contributed by atoms with Crippen LogP contribution >= 0.6 is 0 Å². The van der Waals surface area contributed by atoms with E-state index in [1.807, 2.05) is 66.3 Å². The number of fused-ring (bicyclic) bond motifs is 2. The molecule has 0 saturated heterocycles. The lowest BCUT2D eigenvalue weighted by atomic mass is 9.95. The molecule has 3 heterocycles. The van der Waals surface area contributed by atoms with Crippen LogP contribution in [0, 0.1) is 11.3 Å². The molecule has 0 fully saturated rings. The van der Waals surface area contributed by atoms with Gasteiger partial charge in [0.15, 0.2) is 0 Å². The first kappa shape index (κ1) is 19.6. The summed E-state index contributed by atoms with van der Waals surface area (Å²) in [6.45, 7) is 0.0532. The summed E-state index contributed by atoms with van der Waals surface area (Å²) in [6.07, 6.45) is 3.72. The number of ether oxygens (including phenoxy) is 1. The van der Waals surface area contributed by atoms with Gasteiger partial charge in [0.2, 0.25) is 0 Å². The molecule has 2 aromatic heterocycles. The second kappa shape index (κ2) is 7.43. The first-order chi connectivity index (χ1) is 15.5. The van der Waals surface area contributed by atoms with Crippen LogP contribution in [0.2, 0.25) is 0 Å². The molecule has 1 aliphatic heterocycles. The summed E-state index contributed by atoms with van der Waals surface area (Å²) in [7, 11) is 3.50. The van der Waals surface area contributed by atoms with Crippen molar-refractivity contribution in [3.8, 4) is 11.8 Å². The Morgan fingerprint density at radius 3 is 2.53 bits per heavy atom. The maximum absolute atomic E-state index is 13.5. The summed E-state index contributed by atoms with van der Waals surface area (Å²) < 4.78 is 7.32. The van der Waals surface area contributed by atoms with E-state index < -0.39 is 5.91 Å². The van der Waals surface area contributed by atoms with Crippen LogP contribution < -0.4 is 4.74 Å². The monoisotopic (exact) mass is 424 g/mol. The van der Waals surface area contributed by atoms with Crippen LogP contribution in [0.15, 0.2) is 54.9 Å². The number of benzene rings is 2. The Hall–Kier alpha value is -4.31. The van der Waals surface area contributed by atoms with Crippen LogP contribution in [0.4, 0.5) is 0 Å². The molecule has 2 aromatic carbocycles. The van der Waals surface area contributed by atoms with Gasteiger partial charge in [0.25, 0.3) is 11.8 Å². The molecule has 0 atom stereocenters. The molecule has 0 radical (unpaired) electrons. The van der Waals surface area contributed by atoms with Gasteiger partial charge in [-0.15, -0.1) is 0 Å². The van der Waals surface area contributed by atoms with E-state index in [1.54, 1.807) is 13.3 Å². The minimum atomic E-state index is -0.392. The Labute approximate surface area is 184 Å². The first-order valence-corrected chi connectivity index (χ1v) is 10.2. The molecule has 7 heteroatoms. The number of aromatic nitrogens is 2. The largest absolute Gasteiger partial charge is 0.497 e. The summed E-state index contributed by atoms with van der Waals surface area (Å²) in [6, 6.07) is 15.4. The van der Waals surface area contributed by atoms with Gasteiger partial charge < -0.3 is 14.3 Å². The molecule has 32 heavy (non-hydrogen) atoms. The number of para-hydroxylation sites is 1. The standard InChI is InChI=1S/C25H20N4O3/c1-28-14-19(16-6-3-4-7-21(16)28)23-22(24(30)29(25(23)31)11-5-10-26)18-13-27-20-9-8-15(32-2)12-17(18)20/h3-4,6-9,12-14,27H,5,11H2,1-2H3. The number of aryl methyl sites for hydroxylation is 1. The van der Waals surface area contributed by atoms with Crippen molar-refractivity contribution in [2.75, 3.05) is 13.7 Å².